The average molecular weight is 784 g/mol. The van der Waals surface area contributed by atoms with Gasteiger partial charge in [0.25, 0.3) is 11.8 Å². The summed E-state index contributed by atoms with van der Waals surface area (Å²) in [5.41, 5.74) is -5.76. The third kappa shape index (κ3) is 11.0. The maximum Gasteiger partial charge on any atom is 0.409 e. The van der Waals surface area contributed by atoms with Crippen molar-refractivity contribution in [3.8, 4) is 0 Å². The highest BCUT2D eigenvalue weighted by atomic mass is 32.2. The molecule has 1 aliphatic heterocycles. The van der Waals surface area contributed by atoms with Gasteiger partial charge < -0.3 is 25.0 Å². The predicted molar refractivity (Wildman–Crippen MR) is 205 cm³/mol. The smallest absolute Gasteiger partial charge is 0.409 e. The number of hydrogen-bond acceptors (Lipinski definition) is 10. The van der Waals surface area contributed by atoms with E-state index in [0.717, 1.165) is 0 Å². The van der Waals surface area contributed by atoms with Gasteiger partial charge in [0.15, 0.2) is 9.84 Å². The van der Waals surface area contributed by atoms with Crippen LogP contribution in [0.1, 0.15) is 110 Å². The van der Waals surface area contributed by atoms with Gasteiger partial charge in [-0.1, -0.05) is 47.6 Å². The Kier molecular flexibility index (Phi) is 13.6. The first-order valence-corrected chi connectivity index (χ1v) is 20.1. The quantitative estimate of drug-likeness (QED) is 0.121. The average Bonchev–Trinajstić information content (AvgIpc) is 3.28. The minimum absolute atomic E-state index is 0.00767. The number of allylic oxidation sites excluding steroid dienone is 1. The van der Waals surface area contributed by atoms with Crippen LogP contribution in [-0.2, 0) is 38.5 Å². The Hall–Kier alpha value is -3.69. The predicted octanol–water partition coefficient (Wildman–Crippen LogP) is 3.86. The molecule has 5 amide bonds. The van der Waals surface area contributed by atoms with Crippen LogP contribution in [0.5, 0.6) is 0 Å². The molecule has 2 rings (SSSR count). The van der Waals surface area contributed by atoms with Gasteiger partial charge in [-0.05, 0) is 91.9 Å². The molecule has 0 aromatic carbocycles. The van der Waals surface area contributed by atoms with Crippen molar-refractivity contribution < 1.29 is 46.7 Å². The molecule has 16 heteroatoms. The Morgan fingerprint density at radius 3 is 1.76 bits per heavy atom. The van der Waals surface area contributed by atoms with Gasteiger partial charge in [0.05, 0.1) is 16.5 Å². The summed E-state index contributed by atoms with van der Waals surface area (Å²) in [7, 11) is -3.59. The molecule has 308 valence electrons. The van der Waals surface area contributed by atoms with Crippen molar-refractivity contribution in [3.63, 3.8) is 0 Å². The maximum atomic E-state index is 15.0. The summed E-state index contributed by atoms with van der Waals surface area (Å²) in [5, 5.41) is 10.3. The molecular weight excluding hydrogens is 719 g/mol. The largest absolute Gasteiger partial charge is 0.444 e. The summed E-state index contributed by atoms with van der Waals surface area (Å²) >= 11 is 0. The normalized spacial score (nSPS) is 21.1. The Labute approximate surface area is 321 Å². The molecule has 1 saturated heterocycles. The van der Waals surface area contributed by atoms with Crippen LogP contribution in [0.15, 0.2) is 12.7 Å². The lowest BCUT2D eigenvalue weighted by atomic mass is 9.78. The lowest BCUT2D eigenvalue weighted by Gasteiger charge is -2.47. The molecule has 15 nitrogen and oxygen atoms in total. The number of piperidine rings is 1. The maximum absolute atomic E-state index is 15.0. The number of likely N-dealkylation sites (tertiary alicyclic amines) is 1. The van der Waals surface area contributed by atoms with E-state index in [4.69, 9.17) is 9.47 Å². The van der Waals surface area contributed by atoms with E-state index in [2.05, 4.69) is 27.8 Å². The summed E-state index contributed by atoms with van der Waals surface area (Å²) in [6.45, 7) is 28.6. The first kappa shape index (κ1) is 46.5. The molecule has 2 fully saturated rings. The number of nitrogens with one attached hydrogen (secondary N) is 4. The van der Waals surface area contributed by atoms with E-state index >= 15 is 4.79 Å². The molecule has 0 aromatic rings. The molecule has 4 N–H and O–H groups in total. The number of carbonyl (C=O) groups is 6. The van der Waals surface area contributed by atoms with Crippen LogP contribution in [0.4, 0.5) is 9.59 Å². The Morgan fingerprint density at radius 2 is 1.35 bits per heavy atom. The Bertz CT molecular complexity index is 1560. The van der Waals surface area contributed by atoms with Crippen LogP contribution in [-0.4, -0.2) is 102 Å². The van der Waals surface area contributed by atoms with Gasteiger partial charge in [-0.25, -0.2) is 18.0 Å². The summed E-state index contributed by atoms with van der Waals surface area (Å²) < 4.78 is 35.1. The molecule has 1 aliphatic carbocycles. The van der Waals surface area contributed by atoms with Crippen molar-refractivity contribution in [2.24, 2.45) is 28.6 Å². The molecule has 2 aliphatic rings. The number of carbonyl (C=O) groups excluding carboxylic acids is 6. The molecule has 0 bridgehead atoms. The van der Waals surface area contributed by atoms with E-state index in [0.29, 0.717) is 0 Å². The summed E-state index contributed by atoms with van der Waals surface area (Å²) in [4.78, 5) is 84.2. The first-order chi connectivity index (χ1) is 24.1. The zero-order chi connectivity index (χ0) is 42.2. The van der Waals surface area contributed by atoms with Gasteiger partial charge in [-0.2, -0.15) is 0 Å². The molecule has 0 aromatic heterocycles. The molecule has 1 saturated carbocycles. The van der Waals surface area contributed by atoms with Crippen molar-refractivity contribution in [1.82, 2.24) is 26.2 Å². The number of amides is 5. The third-order valence-electron chi connectivity index (χ3n) is 10.0. The van der Waals surface area contributed by atoms with E-state index in [-0.39, 0.29) is 42.7 Å². The number of sulfone groups is 1. The highest BCUT2D eigenvalue weighted by Crippen LogP contribution is 2.65. The van der Waals surface area contributed by atoms with Crippen molar-refractivity contribution in [2.75, 3.05) is 18.8 Å². The summed E-state index contributed by atoms with van der Waals surface area (Å²) in [6, 6.07) is -2.52. The summed E-state index contributed by atoms with van der Waals surface area (Å²) in [6.07, 6.45) is -0.448. The third-order valence-corrected chi connectivity index (χ3v) is 12.6. The van der Waals surface area contributed by atoms with Gasteiger partial charge in [0.2, 0.25) is 17.4 Å². The molecule has 2 unspecified atom stereocenters. The zero-order valence-corrected chi connectivity index (χ0v) is 35.8. The van der Waals surface area contributed by atoms with Crippen molar-refractivity contribution in [3.05, 3.63) is 12.7 Å². The van der Waals surface area contributed by atoms with Gasteiger partial charge in [-0.3, -0.25) is 29.8 Å². The standard InChI is InChI=1S/C38H65N5O10S/c1-17-22(2)20-24(27(44)29(46)39-18-19-54(50,51)36(12,13)14)40-28(45)26-25-23(37(25,15)16)21-43(26)30(47)38(33(3,4)5,41-31(48)52-34(6,7)8)42-32(49)53-35(9,10)11/h17,22-26H,1,18-21H2,2-16H3,(H,39,46)(H,40,45)(H,41,48)(H,42,49)/t22?,23-,24?,25-,26-/m0/s1. The fourth-order valence-electron chi connectivity index (χ4n) is 6.57. The van der Waals surface area contributed by atoms with E-state index in [9.17, 15) is 32.4 Å². The number of Topliss-reactive ketones (excluding diaryl/α,β-unsaturated/α-hetero) is 1. The molecule has 0 radical (unpaired) electrons. The zero-order valence-electron chi connectivity index (χ0n) is 34.9. The first-order valence-electron chi connectivity index (χ1n) is 18.4. The van der Waals surface area contributed by atoms with Gasteiger partial charge in [0.1, 0.15) is 17.2 Å². The molecular formula is C38H65N5O10S. The highest BCUT2D eigenvalue weighted by Gasteiger charge is 2.71. The Morgan fingerprint density at radius 1 is 0.870 bits per heavy atom. The highest BCUT2D eigenvalue weighted by molar-refractivity contribution is 7.92. The minimum Gasteiger partial charge on any atom is -0.444 e. The van der Waals surface area contributed by atoms with Crippen LogP contribution in [0.25, 0.3) is 0 Å². The van der Waals surface area contributed by atoms with Crippen LogP contribution >= 0.6 is 0 Å². The SMILES string of the molecule is C=CC(C)CC(NC(=O)[C@@H]1[C@@H]2[C@H](CN1C(=O)C(NC(=O)OC(C)(C)C)(NC(=O)OC(C)(C)C)C(C)(C)C)C2(C)C)C(=O)C(=O)NCCS(=O)(=O)C(C)(C)C. The molecule has 5 atom stereocenters. The van der Waals surface area contributed by atoms with Crippen LogP contribution in [0.2, 0.25) is 0 Å². The van der Waals surface area contributed by atoms with E-state index in [1.54, 1.807) is 75.3 Å². The fourth-order valence-corrected chi connectivity index (χ4v) is 7.55. The number of nitrogens with zero attached hydrogens (tertiary/aromatic N) is 1. The van der Waals surface area contributed by atoms with Crippen molar-refractivity contribution in [1.29, 1.82) is 0 Å². The topological polar surface area (TPSA) is 206 Å². The second-order valence-electron chi connectivity index (χ2n) is 19.2. The number of ether oxygens (including phenoxy) is 2. The monoisotopic (exact) mass is 783 g/mol. The second kappa shape index (κ2) is 15.8. The second-order valence-corrected chi connectivity index (χ2v) is 22.0. The fraction of sp³-hybridized carbons (Fsp3) is 0.789. The Balaban J connectivity index is 2.57. The van der Waals surface area contributed by atoms with Crippen LogP contribution in [0, 0.1) is 28.6 Å². The van der Waals surface area contributed by atoms with E-state index in [1.807, 2.05) is 13.8 Å². The molecule has 54 heavy (non-hydrogen) atoms. The summed E-state index contributed by atoms with van der Waals surface area (Å²) in [5.74, 6) is -4.82. The number of fused-ring (bicyclic) bond motifs is 1. The number of rotatable bonds is 13. The van der Waals surface area contributed by atoms with Crippen LogP contribution in [0.3, 0.4) is 0 Å². The van der Waals surface area contributed by atoms with E-state index < -0.39 is 90.4 Å². The van der Waals surface area contributed by atoms with Crippen LogP contribution < -0.4 is 21.3 Å². The number of hydrogen-bond donors (Lipinski definition) is 4. The lowest BCUT2D eigenvalue weighted by molar-refractivity contribution is -0.152. The van der Waals surface area contributed by atoms with Gasteiger partial charge in [0, 0.05) is 18.5 Å². The lowest BCUT2D eigenvalue weighted by Crippen LogP contribution is -2.76. The number of alkyl carbamates (subject to hydrolysis) is 2. The number of ketones is 1. The minimum atomic E-state index is -3.59. The van der Waals surface area contributed by atoms with Crippen molar-refractivity contribution in [2.45, 2.75) is 144 Å². The molecule has 1 heterocycles. The van der Waals surface area contributed by atoms with E-state index in [1.165, 1.54) is 25.7 Å². The van der Waals surface area contributed by atoms with Gasteiger partial charge >= 0.3 is 12.2 Å². The molecule has 0 spiro atoms. The van der Waals surface area contributed by atoms with Gasteiger partial charge in [-0.15, -0.1) is 6.58 Å². The van der Waals surface area contributed by atoms with Crippen molar-refractivity contribution >= 4 is 45.5 Å².